The highest BCUT2D eigenvalue weighted by Crippen LogP contribution is 2.32. The fourth-order valence-corrected chi connectivity index (χ4v) is 3.96. The molecule has 1 amide bonds. The first-order chi connectivity index (χ1) is 12.7. The highest BCUT2D eigenvalue weighted by Gasteiger charge is 2.24. The number of hydrogen-bond donors (Lipinski definition) is 0. The monoisotopic (exact) mass is 359 g/mol. The Bertz CT molecular complexity index is 635. The predicted octanol–water partition coefficient (Wildman–Crippen LogP) is 1.79. The second-order valence-corrected chi connectivity index (χ2v) is 7.80. The number of carbonyl (C=O) groups excluding carboxylic acids is 1. The topological polar surface area (TPSA) is 45.3 Å². The molecule has 0 atom stereocenters. The number of benzene rings is 1. The number of fused-ring (bicyclic) bond motifs is 1. The van der Waals surface area contributed by atoms with Crippen molar-refractivity contribution < 1.29 is 14.3 Å². The summed E-state index contributed by atoms with van der Waals surface area (Å²) in [4.78, 5) is 19.3. The van der Waals surface area contributed by atoms with Crippen molar-refractivity contribution in [2.75, 3.05) is 52.6 Å². The van der Waals surface area contributed by atoms with E-state index < -0.39 is 0 Å². The molecule has 0 aromatic heterocycles. The number of likely N-dealkylation sites (tertiary alicyclic amines) is 1. The largest absolute Gasteiger partial charge is 0.454 e. The van der Waals surface area contributed by atoms with E-state index in [0.29, 0.717) is 19.2 Å². The average molecular weight is 359 g/mol. The maximum absolute atomic E-state index is 12.6. The van der Waals surface area contributed by atoms with E-state index >= 15 is 0 Å². The number of hydrogen-bond acceptors (Lipinski definition) is 5. The number of nitrogens with zero attached hydrogens (tertiary/aromatic N) is 3. The van der Waals surface area contributed by atoms with E-state index in [1.807, 2.05) is 11.0 Å². The summed E-state index contributed by atoms with van der Waals surface area (Å²) in [7, 11) is 0. The van der Waals surface area contributed by atoms with E-state index in [-0.39, 0.29) is 0 Å². The molecule has 0 unspecified atom stereocenters. The minimum atomic E-state index is 0.294. The van der Waals surface area contributed by atoms with Crippen LogP contribution in [0, 0.1) is 5.92 Å². The van der Waals surface area contributed by atoms with Gasteiger partial charge in [0.05, 0.1) is 6.54 Å². The van der Waals surface area contributed by atoms with Gasteiger partial charge >= 0.3 is 0 Å². The van der Waals surface area contributed by atoms with Crippen LogP contribution in [-0.2, 0) is 11.3 Å². The maximum atomic E-state index is 12.6. The summed E-state index contributed by atoms with van der Waals surface area (Å²) in [5.41, 5.74) is 1.23. The van der Waals surface area contributed by atoms with Crippen LogP contribution in [0.1, 0.15) is 25.3 Å². The molecule has 26 heavy (non-hydrogen) atoms. The lowest BCUT2D eigenvalue weighted by atomic mass is 9.99. The second kappa shape index (κ2) is 7.84. The first-order valence-corrected chi connectivity index (χ1v) is 9.78. The number of amides is 1. The van der Waals surface area contributed by atoms with Crippen LogP contribution >= 0.6 is 0 Å². The van der Waals surface area contributed by atoms with E-state index in [1.54, 1.807) is 0 Å². The summed E-state index contributed by atoms with van der Waals surface area (Å²) in [5, 5.41) is 0. The molecule has 6 heteroatoms. The molecule has 142 valence electrons. The van der Waals surface area contributed by atoms with Gasteiger partial charge in [0, 0.05) is 32.7 Å². The number of rotatable bonds is 4. The van der Waals surface area contributed by atoms with Gasteiger partial charge in [-0.2, -0.15) is 0 Å². The zero-order chi connectivity index (χ0) is 17.9. The summed E-state index contributed by atoms with van der Waals surface area (Å²) in [6.07, 6.45) is 2.44. The minimum Gasteiger partial charge on any atom is -0.454 e. The van der Waals surface area contributed by atoms with Crippen molar-refractivity contribution in [3.05, 3.63) is 23.8 Å². The molecule has 1 aromatic carbocycles. The van der Waals surface area contributed by atoms with Gasteiger partial charge < -0.3 is 14.4 Å². The van der Waals surface area contributed by atoms with Crippen molar-refractivity contribution in [3.8, 4) is 11.5 Å². The van der Waals surface area contributed by atoms with E-state index in [2.05, 4.69) is 28.9 Å². The Balaban J connectivity index is 1.23. The first kappa shape index (κ1) is 17.6. The highest BCUT2D eigenvalue weighted by atomic mass is 16.7. The Kier molecular flexibility index (Phi) is 5.31. The summed E-state index contributed by atoms with van der Waals surface area (Å²) >= 11 is 0. The van der Waals surface area contributed by atoms with E-state index in [0.717, 1.165) is 63.2 Å². The Hall–Kier alpha value is -1.79. The summed E-state index contributed by atoms with van der Waals surface area (Å²) in [6.45, 7) is 9.75. The van der Waals surface area contributed by atoms with Crippen LogP contribution in [0.3, 0.4) is 0 Å². The molecule has 2 fully saturated rings. The van der Waals surface area contributed by atoms with Gasteiger partial charge in [-0.1, -0.05) is 13.0 Å². The van der Waals surface area contributed by atoms with Crippen molar-refractivity contribution in [1.29, 1.82) is 0 Å². The summed E-state index contributed by atoms with van der Waals surface area (Å²) < 4.78 is 10.8. The van der Waals surface area contributed by atoms with Gasteiger partial charge in [0.25, 0.3) is 0 Å². The highest BCUT2D eigenvalue weighted by molar-refractivity contribution is 5.78. The molecule has 0 spiro atoms. The molecule has 0 bridgehead atoms. The van der Waals surface area contributed by atoms with E-state index in [9.17, 15) is 4.79 Å². The van der Waals surface area contributed by atoms with Gasteiger partial charge in [0.1, 0.15) is 0 Å². The third-order valence-corrected chi connectivity index (χ3v) is 5.80. The molecule has 0 aliphatic carbocycles. The lowest BCUT2D eigenvalue weighted by molar-refractivity contribution is -0.134. The Morgan fingerprint density at radius 1 is 1.00 bits per heavy atom. The second-order valence-electron chi connectivity index (χ2n) is 7.80. The van der Waals surface area contributed by atoms with Crippen LogP contribution in [0.25, 0.3) is 0 Å². The van der Waals surface area contributed by atoms with Gasteiger partial charge in [-0.15, -0.1) is 0 Å². The standard InChI is InChI=1S/C20H29N3O3/c1-16-4-6-21(7-5-16)14-20(24)23-10-8-22(9-11-23)13-17-2-3-18-19(12-17)26-15-25-18/h2-3,12,16H,4-11,13-15H2,1H3. The third kappa shape index (κ3) is 4.13. The quantitative estimate of drug-likeness (QED) is 0.820. The van der Waals surface area contributed by atoms with Gasteiger partial charge in [-0.05, 0) is 49.5 Å². The molecule has 3 aliphatic heterocycles. The lowest BCUT2D eigenvalue weighted by Crippen LogP contribution is -2.51. The van der Waals surface area contributed by atoms with E-state index in [1.165, 1.54) is 18.4 Å². The molecular weight excluding hydrogens is 330 g/mol. The molecule has 6 nitrogen and oxygen atoms in total. The fraction of sp³-hybridized carbons (Fsp3) is 0.650. The Labute approximate surface area is 155 Å². The van der Waals surface area contributed by atoms with Gasteiger partial charge in [-0.25, -0.2) is 0 Å². The molecule has 3 aliphatic rings. The predicted molar refractivity (Wildman–Crippen MR) is 99.3 cm³/mol. The van der Waals surface area contributed by atoms with Gasteiger partial charge in [0.2, 0.25) is 12.7 Å². The van der Waals surface area contributed by atoms with Crippen LogP contribution in [-0.4, -0.2) is 73.2 Å². The van der Waals surface area contributed by atoms with Crippen LogP contribution in [0.5, 0.6) is 11.5 Å². The minimum absolute atomic E-state index is 0.294. The number of ether oxygens (including phenoxy) is 2. The molecule has 1 aromatic rings. The third-order valence-electron chi connectivity index (χ3n) is 5.80. The zero-order valence-corrected chi connectivity index (χ0v) is 15.7. The van der Waals surface area contributed by atoms with Crippen molar-refractivity contribution in [2.45, 2.75) is 26.3 Å². The lowest BCUT2D eigenvalue weighted by Gasteiger charge is -2.37. The number of carbonyl (C=O) groups is 1. The molecule has 0 radical (unpaired) electrons. The SMILES string of the molecule is CC1CCN(CC(=O)N2CCN(Cc3ccc4c(c3)OCO4)CC2)CC1. The Morgan fingerprint density at radius 2 is 1.73 bits per heavy atom. The van der Waals surface area contributed by atoms with Crippen LogP contribution in [0.15, 0.2) is 18.2 Å². The summed E-state index contributed by atoms with van der Waals surface area (Å²) in [6, 6.07) is 6.15. The van der Waals surface area contributed by atoms with Crippen LogP contribution in [0.2, 0.25) is 0 Å². The van der Waals surface area contributed by atoms with Crippen molar-refractivity contribution in [1.82, 2.24) is 14.7 Å². The molecule has 3 heterocycles. The zero-order valence-electron chi connectivity index (χ0n) is 15.7. The number of piperidine rings is 1. The molecule has 2 saturated heterocycles. The Morgan fingerprint density at radius 3 is 2.50 bits per heavy atom. The fourth-order valence-electron chi connectivity index (χ4n) is 3.96. The van der Waals surface area contributed by atoms with E-state index in [4.69, 9.17) is 9.47 Å². The average Bonchev–Trinajstić information content (AvgIpc) is 3.12. The van der Waals surface area contributed by atoms with Crippen molar-refractivity contribution in [2.24, 2.45) is 5.92 Å². The summed E-state index contributed by atoms with van der Waals surface area (Å²) in [5.74, 6) is 2.77. The molecule has 4 rings (SSSR count). The molecular formula is C20H29N3O3. The maximum Gasteiger partial charge on any atom is 0.236 e. The smallest absolute Gasteiger partial charge is 0.236 e. The van der Waals surface area contributed by atoms with Crippen molar-refractivity contribution >= 4 is 5.91 Å². The first-order valence-electron chi connectivity index (χ1n) is 9.78. The van der Waals surface area contributed by atoms with Crippen LogP contribution in [0.4, 0.5) is 0 Å². The number of piperazine rings is 1. The molecule has 0 saturated carbocycles. The normalized spacial score (nSPS) is 22.0. The van der Waals surface area contributed by atoms with Gasteiger partial charge in [0.15, 0.2) is 11.5 Å². The van der Waals surface area contributed by atoms with Crippen LogP contribution < -0.4 is 9.47 Å². The molecule has 0 N–H and O–H groups in total. The van der Waals surface area contributed by atoms with Gasteiger partial charge in [-0.3, -0.25) is 14.6 Å². The van der Waals surface area contributed by atoms with Crippen molar-refractivity contribution in [3.63, 3.8) is 0 Å².